The van der Waals surface area contributed by atoms with E-state index in [1.54, 1.807) is 30.5 Å². The molecule has 0 saturated heterocycles. The smallest absolute Gasteiger partial charge is 0.280 e. The molecule has 0 bridgehead atoms. The molecule has 3 heterocycles. The van der Waals surface area contributed by atoms with Crippen molar-refractivity contribution in [1.29, 1.82) is 0 Å². The summed E-state index contributed by atoms with van der Waals surface area (Å²) in [5.74, 6) is -3.57. The van der Waals surface area contributed by atoms with Gasteiger partial charge in [-0.25, -0.2) is 18.2 Å². The van der Waals surface area contributed by atoms with Gasteiger partial charge in [0.05, 0.1) is 48.5 Å². The third-order valence-corrected chi connectivity index (χ3v) is 4.99. The van der Waals surface area contributed by atoms with Crippen LogP contribution >= 0.6 is 0 Å². The van der Waals surface area contributed by atoms with Crippen molar-refractivity contribution in [1.82, 2.24) is 14.5 Å². The lowest BCUT2D eigenvalue weighted by molar-refractivity contribution is 0.397. The molecule has 3 aromatic rings. The number of benzene rings is 1. The Kier molecular flexibility index (Phi) is 5.22. The first kappa shape index (κ1) is 20.6. The first-order valence-electron chi connectivity index (χ1n) is 9.35. The topological polar surface area (TPSA) is 81.4 Å². The minimum atomic E-state index is -1.54. The number of aliphatic imine (C=N–C) groups is 1. The quantitative estimate of drug-likeness (QED) is 0.628. The molecule has 0 radical (unpaired) electrons. The van der Waals surface area contributed by atoms with Crippen LogP contribution in [0.2, 0.25) is 0 Å². The summed E-state index contributed by atoms with van der Waals surface area (Å²) in [7, 11) is 1.50. The number of hydrogen-bond acceptors (Lipinski definition) is 6. The Morgan fingerprint density at radius 1 is 1.13 bits per heavy atom. The van der Waals surface area contributed by atoms with E-state index in [0.717, 1.165) is 12.1 Å². The molecule has 0 unspecified atom stereocenters. The van der Waals surface area contributed by atoms with Crippen molar-refractivity contribution in [2.45, 2.75) is 26.9 Å². The number of anilines is 2. The van der Waals surface area contributed by atoms with Gasteiger partial charge in [0, 0.05) is 6.07 Å². The predicted molar refractivity (Wildman–Crippen MR) is 109 cm³/mol. The summed E-state index contributed by atoms with van der Waals surface area (Å²) in [4.78, 5) is 25.3. The molecule has 1 aromatic carbocycles. The molecule has 0 aliphatic carbocycles. The Labute approximate surface area is 175 Å². The van der Waals surface area contributed by atoms with E-state index in [9.17, 15) is 18.0 Å². The highest BCUT2D eigenvalue weighted by Gasteiger charge is 2.24. The van der Waals surface area contributed by atoms with Crippen molar-refractivity contribution < 1.29 is 17.9 Å². The number of methoxy groups -OCH3 is 1. The lowest BCUT2D eigenvalue weighted by Gasteiger charge is -2.19. The third kappa shape index (κ3) is 3.76. The molecular weight excluding hydrogens is 411 g/mol. The Bertz CT molecular complexity index is 1260. The molecule has 10 heteroatoms. The molecule has 1 N–H and O–H groups in total. The van der Waals surface area contributed by atoms with Crippen LogP contribution in [0.1, 0.15) is 29.4 Å². The van der Waals surface area contributed by atoms with Crippen LogP contribution in [0.5, 0.6) is 5.88 Å². The van der Waals surface area contributed by atoms with Crippen LogP contribution in [-0.4, -0.2) is 27.4 Å². The van der Waals surface area contributed by atoms with Gasteiger partial charge in [-0.05, 0) is 37.6 Å². The van der Waals surface area contributed by atoms with E-state index in [1.165, 1.54) is 7.11 Å². The molecule has 160 valence electrons. The summed E-state index contributed by atoms with van der Waals surface area (Å²) < 4.78 is 47.7. The van der Waals surface area contributed by atoms with E-state index >= 15 is 0 Å². The van der Waals surface area contributed by atoms with Gasteiger partial charge in [0.25, 0.3) is 5.56 Å². The second-order valence-corrected chi connectivity index (χ2v) is 7.04. The maximum absolute atomic E-state index is 13.8. The number of nitrogens with one attached hydrogen (secondary N) is 1. The van der Waals surface area contributed by atoms with Gasteiger partial charge in [-0.1, -0.05) is 0 Å². The first-order valence-corrected chi connectivity index (χ1v) is 9.35. The number of hydrogen-bond donors (Lipinski definition) is 1. The van der Waals surface area contributed by atoms with Gasteiger partial charge in [-0.3, -0.25) is 9.79 Å². The number of aromatic nitrogens is 3. The number of rotatable bonds is 5. The van der Waals surface area contributed by atoms with Crippen LogP contribution in [0.25, 0.3) is 0 Å². The summed E-state index contributed by atoms with van der Waals surface area (Å²) in [5, 5.41) is 3.06. The lowest BCUT2D eigenvalue weighted by Crippen LogP contribution is -2.25. The maximum atomic E-state index is 13.8. The molecule has 0 saturated carbocycles. The molecule has 1 aliphatic heterocycles. The molecule has 7 nitrogen and oxygen atoms in total. The van der Waals surface area contributed by atoms with Crippen molar-refractivity contribution in [2.24, 2.45) is 4.99 Å². The molecule has 2 aromatic heterocycles. The van der Waals surface area contributed by atoms with E-state index in [2.05, 4.69) is 20.3 Å². The Balaban J connectivity index is 1.84. The number of pyridine rings is 1. The summed E-state index contributed by atoms with van der Waals surface area (Å²) >= 11 is 0. The normalized spacial score (nSPS) is 12.5. The number of halogens is 3. The predicted octanol–water partition coefficient (Wildman–Crippen LogP) is 3.49. The highest BCUT2D eigenvalue weighted by atomic mass is 19.2. The molecule has 31 heavy (non-hydrogen) atoms. The Morgan fingerprint density at radius 2 is 1.84 bits per heavy atom. The van der Waals surface area contributed by atoms with E-state index in [-0.39, 0.29) is 24.6 Å². The molecule has 0 fully saturated rings. The number of aryl methyl sites for hydroxylation is 1. The van der Waals surface area contributed by atoms with Gasteiger partial charge in [-0.15, -0.1) is 0 Å². The van der Waals surface area contributed by atoms with Crippen molar-refractivity contribution in [3.05, 3.63) is 74.6 Å². The van der Waals surface area contributed by atoms with Crippen LogP contribution in [0.4, 0.5) is 24.8 Å². The van der Waals surface area contributed by atoms with Gasteiger partial charge in [-0.2, -0.15) is 4.98 Å². The van der Waals surface area contributed by atoms with Crippen molar-refractivity contribution in [3.63, 3.8) is 0 Å². The van der Waals surface area contributed by atoms with E-state index in [1.807, 2.05) is 0 Å². The zero-order chi connectivity index (χ0) is 22.3. The maximum Gasteiger partial charge on any atom is 0.280 e. The van der Waals surface area contributed by atoms with Crippen molar-refractivity contribution in [2.75, 3.05) is 12.4 Å². The number of fused-ring (bicyclic) bond motifs is 1. The molecule has 4 rings (SSSR count). The van der Waals surface area contributed by atoms with Crippen LogP contribution in [-0.2, 0) is 13.1 Å². The third-order valence-electron chi connectivity index (χ3n) is 4.99. The lowest BCUT2D eigenvalue weighted by atomic mass is 10.1. The summed E-state index contributed by atoms with van der Waals surface area (Å²) in [6.07, 6.45) is 0. The summed E-state index contributed by atoms with van der Waals surface area (Å²) in [5.41, 5.74) is 2.34. The van der Waals surface area contributed by atoms with Gasteiger partial charge in [0.15, 0.2) is 17.5 Å². The van der Waals surface area contributed by atoms with Gasteiger partial charge in [0.2, 0.25) is 11.8 Å². The number of nitrogens with zero attached hydrogens (tertiary/aromatic N) is 4. The zero-order valence-electron chi connectivity index (χ0n) is 17.0. The van der Waals surface area contributed by atoms with Crippen LogP contribution < -0.4 is 15.6 Å². The molecule has 0 atom stereocenters. The first-order chi connectivity index (χ1) is 14.8. The molecule has 0 amide bonds. The Morgan fingerprint density at radius 3 is 2.48 bits per heavy atom. The average Bonchev–Trinajstić information content (AvgIpc) is 3.12. The monoisotopic (exact) mass is 429 g/mol. The molecular formula is C21H18F3N5O2. The van der Waals surface area contributed by atoms with E-state index in [0.29, 0.717) is 34.2 Å². The minimum Gasteiger partial charge on any atom is -0.481 e. The second kappa shape index (κ2) is 7.86. The highest BCUT2D eigenvalue weighted by molar-refractivity contribution is 6.00. The highest BCUT2D eigenvalue weighted by Crippen LogP contribution is 2.25. The zero-order valence-corrected chi connectivity index (χ0v) is 17.0. The fourth-order valence-electron chi connectivity index (χ4n) is 3.46. The Hall–Kier alpha value is -3.69. The van der Waals surface area contributed by atoms with E-state index in [4.69, 9.17) is 4.74 Å². The average molecular weight is 429 g/mol. The van der Waals surface area contributed by atoms with Gasteiger partial charge >= 0.3 is 0 Å². The van der Waals surface area contributed by atoms with E-state index < -0.39 is 23.0 Å². The molecule has 0 spiro atoms. The van der Waals surface area contributed by atoms with Gasteiger partial charge in [0.1, 0.15) is 0 Å². The summed E-state index contributed by atoms with van der Waals surface area (Å²) in [6, 6.07) is 5.17. The SMILES string of the molecule is COc1ccc(Nc2nc(=O)c3c(n2Cc2cc(F)c(F)c(F)c2)C(C)=NC3)c(C)n1. The van der Waals surface area contributed by atoms with Crippen molar-refractivity contribution in [3.8, 4) is 5.88 Å². The van der Waals surface area contributed by atoms with Crippen LogP contribution in [0.15, 0.2) is 34.1 Å². The minimum absolute atomic E-state index is 0.0679. The fraction of sp³-hybridized carbons (Fsp3) is 0.238. The fourth-order valence-corrected chi connectivity index (χ4v) is 3.46. The van der Waals surface area contributed by atoms with Crippen LogP contribution in [0, 0.1) is 24.4 Å². The molecule has 1 aliphatic rings. The second-order valence-electron chi connectivity index (χ2n) is 7.04. The van der Waals surface area contributed by atoms with Crippen LogP contribution in [0.3, 0.4) is 0 Å². The number of ether oxygens (including phenoxy) is 1. The van der Waals surface area contributed by atoms with Gasteiger partial charge < -0.3 is 14.6 Å². The van der Waals surface area contributed by atoms with Crippen molar-refractivity contribution >= 4 is 17.3 Å². The standard InChI is InChI=1S/C21H18F3N5O2/c1-10-16(4-5-17(26-10)31-3)27-21-28-20(30)13-8-25-11(2)19(13)29(21)9-12-6-14(22)18(24)15(23)7-12/h4-7H,8-9H2,1-3H3,(H,27,28,30). The largest absolute Gasteiger partial charge is 0.481 e. The summed E-state index contributed by atoms with van der Waals surface area (Å²) in [6.45, 7) is 3.58.